The molecule has 92 valence electrons. The molecule has 2 aromatic rings. The van der Waals surface area contributed by atoms with E-state index in [1.807, 2.05) is 6.07 Å². The summed E-state index contributed by atoms with van der Waals surface area (Å²) in [4.78, 5) is 11.3. The molecule has 0 aromatic heterocycles. The van der Waals surface area contributed by atoms with Gasteiger partial charge in [0.2, 0.25) is 0 Å². The Bertz CT molecular complexity index is 623. The molecule has 0 heterocycles. The molecule has 2 N–H and O–H groups in total. The molecule has 2 nitrogen and oxygen atoms in total. The van der Waals surface area contributed by atoms with Crippen LogP contribution in [0.2, 0.25) is 10.0 Å². The molecule has 0 saturated carbocycles. The van der Waals surface area contributed by atoms with E-state index in [-0.39, 0.29) is 5.78 Å². The Balaban J connectivity index is 2.54. The van der Waals surface area contributed by atoms with Crippen molar-refractivity contribution in [3.63, 3.8) is 0 Å². The zero-order valence-corrected chi connectivity index (χ0v) is 11.2. The van der Waals surface area contributed by atoms with E-state index in [0.717, 1.165) is 11.1 Å². The number of halogens is 2. The quantitative estimate of drug-likeness (QED) is 0.652. The van der Waals surface area contributed by atoms with Gasteiger partial charge in [-0.2, -0.15) is 0 Å². The first-order valence-electron chi connectivity index (χ1n) is 5.35. The van der Waals surface area contributed by atoms with Crippen molar-refractivity contribution in [1.29, 1.82) is 0 Å². The van der Waals surface area contributed by atoms with Gasteiger partial charge in [0.1, 0.15) is 0 Å². The largest absolute Gasteiger partial charge is 0.398 e. The molecule has 0 spiro atoms. The second kappa shape index (κ2) is 5.01. The first-order chi connectivity index (χ1) is 8.49. The molecular formula is C14H11Cl2NO. The highest BCUT2D eigenvalue weighted by molar-refractivity contribution is 6.36. The van der Waals surface area contributed by atoms with E-state index in [2.05, 4.69) is 0 Å². The summed E-state index contributed by atoms with van der Waals surface area (Å²) >= 11 is 12.0. The number of Topliss-reactive ketones (excluding diaryl/α,β-unsaturated/α-hetero) is 1. The smallest absolute Gasteiger partial charge is 0.159 e. The number of benzene rings is 2. The van der Waals surface area contributed by atoms with Crippen LogP contribution in [0.25, 0.3) is 11.1 Å². The second-order valence-corrected chi connectivity index (χ2v) is 4.83. The SMILES string of the molecule is CC(=O)c1ccc(-c2ccc(Cl)cc2Cl)c(N)c1. The summed E-state index contributed by atoms with van der Waals surface area (Å²) in [6.07, 6.45) is 0. The van der Waals surface area contributed by atoms with E-state index in [4.69, 9.17) is 28.9 Å². The molecule has 0 radical (unpaired) electrons. The normalized spacial score (nSPS) is 10.4. The predicted octanol–water partition coefficient (Wildman–Crippen LogP) is 4.45. The van der Waals surface area contributed by atoms with Crippen molar-refractivity contribution in [2.75, 3.05) is 5.73 Å². The van der Waals surface area contributed by atoms with Crippen LogP contribution in [0, 0.1) is 0 Å². The van der Waals surface area contributed by atoms with Crippen LogP contribution in [0.3, 0.4) is 0 Å². The molecule has 4 heteroatoms. The van der Waals surface area contributed by atoms with E-state index in [1.54, 1.807) is 30.3 Å². The van der Waals surface area contributed by atoms with Crippen molar-refractivity contribution < 1.29 is 4.79 Å². The molecule has 0 aliphatic heterocycles. The molecule has 2 aromatic carbocycles. The topological polar surface area (TPSA) is 43.1 Å². The Kier molecular flexibility index (Phi) is 3.60. The highest BCUT2D eigenvalue weighted by Crippen LogP contribution is 2.34. The lowest BCUT2D eigenvalue weighted by Crippen LogP contribution is -1.97. The number of anilines is 1. The molecule has 0 aliphatic rings. The van der Waals surface area contributed by atoms with E-state index in [9.17, 15) is 4.79 Å². The third-order valence-corrected chi connectivity index (χ3v) is 3.23. The van der Waals surface area contributed by atoms with Gasteiger partial charge in [-0.05, 0) is 25.1 Å². The summed E-state index contributed by atoms with van der Waals surface area (Å²) < 4.78 is 0. The molecular weight excluding hydrogens is 269 g/mol. The predicted molar refractivity (Wildman–Crippen MR) is 76.3 cm³/mol. The molecule has 0 bridgehead atoms. The van der Waals surface area contributed by atoms with Gasteiger partial charge in [0, 0.05) is 32.4 Å². The third kappa shape index (κ3) is 2.50. The van der Waals surface area contributed by atoms with Crippen LogP contribution in [0.5, 0.6) is 0 Å². The van der Waals surface area contributed by atoms with Gasteiger partial charge < -0.3 is 5.73 Å². The number of nitrogens with two attached hydrogens (primary N) is 1. The van der Waals surface area contributed by atoms with Gasteiger partial charge in [-0.15, -0.1) is 0 Å². The number of carbonyl (C=O) groups is 1. The van der Waals surface area contributed by atoms with Crippen LogP contribution >= 0.6 is 23.2 Å². The lowest BCUT2D eigenvalue weighted by Gasteiger charge is -2.09. The first-order valence-corrected chi connectivity index (χ1v) is 6.10. The Morgan fingerprint density at radius 3 is 2.28 bits per heavy atom. The Labute approximate surface area is 115 Å². The van der Waals surface area contributed by atoms with Gasteiger partial charge in [0.05, 0.1) is 0 Å². The molecule has 2 rings (SSSR count). The Morgan fingerprint density at radius 1 is 1.06 bits per heavy atom. The average molecular weight is 280 g/mol. The minimum absolute atomic E-state index is 0.0181. The van der Waals surface area contributed by atoms with Crippen LogP contribution in [-0.4, -0.2) is 5.78 Å². The molecule has 0 fully saturated rings. The number of nitrogen functional groups attached to an aromatic ring is 1. The van der Waals surface area contributed by atoms with Crippen molar-refractivity contribution in [2.24, 2.45) is 0 Å². The summed E-state index contributed by atoms with van der Waals surface area (Å²) in [5.41, 5.74) is 8.65. The van der Waals surface area contributed by atoms with E-state index in [1.165, 1.54) is 6.92 Å². The zero-order chi connectivity index (χ0) is 13.3. The third-order valence-electron chi connectivity index (χ3n) is 2.68. The van der Waals surface area contributed by atoms with Gasteiger partial charge in [-0.25, -0.2) is 0 Å². The van der Waals surface area contributed by atoms with E-state index < -0.39 is 0 Å². The summed E-state index contributed by atoms with van der Waals surface area (Å²) in [5, 5.41) is 1.10. The zero-order valence-electron chi connectivity index (χ0n) is 9.71. The number of ketones is 1. The van der Waals surface area contributed by atoms with Crippen LogP contribution in [-0.2, 0) is 0 Å². The van der Waals surface area contributed by atoms with Gasteiger partial charge in [0.25, 0.3) is 0 Å². The lowest BCUT2D eigenvalue weighted by molar-refractivity contribution is 0.101. The van der Waals surface area contributed by atoms with Crippen molar-refractivity contribution in [2.45, 2.75) is 6.92 Å². The monoisotopic (exact) mass is 279 g/mol. The van der Waals surface area contributed by atoms with Crippen LogP contribution in [0.1, 0.15) is 17.3 Å². The van der Waals surface area contributed by atoms with Crippen molar-refractivity contribution in [3.05, 3.63) is 52.0 Å². The van der Waals surface area contributed by atoms with Crippen LogP contribution < -0.4 is 5.73 Å². The summed E-state index contributed by atoms with van der Waals surface area (Å²) in [6, 6.07) is 10.4. The summed E-state index contributed by atoms with van der Waals surface area (Å²) in [5.74, 6) is -0.0181. The summed E-state index contributed by atoms with van der Waals surface area (Å²) in [7, 11) is 0. The van der Waals surface area contributed by atoms with Gasteiger partial charge in [0.15, 0.2) is 5.78 Å². The highest BCUT2D eigenvalue weighted by atomic mass is 35.5. The maximum atomic E-state index is 11.3. The van der Waals surface area contributed by atoms with Crippen molar-refractivity contribution in [1.82, 2.24) is 0 Å². The first kappa shape index (κ1) is 12.9. The fourth-order valence-corrected chi connectivity index (χ4v) is 2.25. The Hall–Kier alpha value is -1.51. The molecule has 0 unspecified atom stereocenters. The standard InChI is InChI=1S/C14H11Cl2NO/c1-8(18)9-2-4-12(14(17)6-9)11-5-3-10(15)7-13(11)16/h2-7H,17H2,1H3. The Morgan fingerprint density at radius 2 is 1.72 bits per heavy atom. The van der Waals surface area contributed by atoms with Gasteiger partial charge >= 0.3 is 0 Å². The second-order valence-electron chi connectivity index (χ2n) is 3.98. The van der Waals surface area contributed by atoms with Crippen molar-refractivity contribution in [3.8, 4) is 11.1 Å². The maximum absolute atomic E-state index is 11.3. The van der Waals surface area contributed by atoms with Crippen LogP contribution in [0.4, 0.5) is 5.69 Å². The molecule has 0 saturated heterocycles. The minimum atomic E-state index is -0.0181. The number of carbonyl (C=O) groups excluding carboxylic acids is 1. The highest BCUT2D eigenvalue weighted by Gasteiger charge is 2.09. The average Bonchev–Trinajstić information content (AvgIpc) is 2.30. The number of hydrogen-bond donors (Lipinski definition) is 1. The van der Waals surface area contributed by atoms with Crippen molar-refractivity contribution >= 4 is 34.7 Å². The fraction of sp³-hybridized carbons (Fsp3) is 0.0714. The molecule has 0 aliphatic carbocycles. The van der Waals surface area contributed by atoms with E-state index in [0.29, 0.717) is 21.3 Å². The van der Waals surface area contributed by atoms with Crippen LogP contribution in [0.15, 0.2) is 36.4 Å². The van der Waals surface area contributed by atoms with Gasteiger partial charge in [-0.1, -0.05) is 41.4 Å². The summed E-state index contributed by atoms with van der Waals surface area (Å²) in [6.45, 7) is 1.50. The fourth-order valence-electron chi connectivity index (χ4n) is 1.73. The lowest BCUT2D eigenvalue weighted by atomic mass is 10.0. The van der Waals surface area contributed by atoms with E-state index >= 15 is 0 Å². The molecule has 18 heavy (non-hydrogen) atoms. The minimum Gasteiger partial charge on any atom is -0.398 e. The van der Waals surface area contributed by atoms with Gasteiger partial charge in [-0.3, -0.25) is 4.79 Å². The number of rotatable bonds is 2. The maximum Gasteiger partial charge on any atom is 0.159 e. The molecule has 0 atom stereocenters. The number of hydrogen-bond acceptors (Lipinski definition) is 2. The molecule has 0 amide bonds.